The number of likely N-dealkylation sites (tertiary alicyclic amines) is 1. The molecule has 0 amide bonds. The van der Waals surface area contributed by atoms with Crippen molar-refractivity contribution in [2.24, 2.45) is 5.41 Å². The summed E-state index contributed by atoms with van der Waals surface area (Å²) in [4.78, 5) is 2.00. The smallest absolute Gasteiger partial charge is 0.317 e. The van der Waals surface area contributed by atoms with E-state index in [9.17, 15) is 26.3 Å². The molecule has 146 valence electrons. The highest BCUT2D eigenvalue weighted by Crippen LogP contribution is 2.40. The molecule has 0 radical (unpaired) electrons. The fourth-order valence-corrected chi connectivity index (χ4v) is 4.18. The van der Waals surface area contributed by atoms with Gasteiger partial charge in [-0.15, -0.1) is 0 Å². The van der Waals surface area contributed by atoms with Crippen molar-refractivity contribution in [1.82, 2.24) is 10.2 Å². The van der Waals surface area contributed by atoms with Gasteiger partial charge >= 0.3 is 12.4 Å². The zero-order valence-electron chi connectivity index (χ0n) is 14.3. The van der Waals surface area contributed by atoms with E-state index in [1.165, 1.54) is 0 Å². The van der Waals surface area contributed by atoms with Crippen LogP contribution in [0.5, 0.6) is 0 Å². The van der Waals surface area contributed by atoms with E-state index in [4.69, 9.17) is 0 Å². The lowest BCUT2D eigenvalue weighted by Crippen LogP contribution is -2.48. The molecule has 8 heteroatoms. The number of alkyl halides is 6. The predicted molar refractivity (Wildman–Crippen MR) is 85.5 cm³/mol. The molecule has 1 aromatic rings. The molecule has 0 unspecified atom stereocenters. The summed E-state index contributed by atoms with van der Waals surface area (Å²) in [5.74, 6) is 0. The Kier molecular flexibility index (Phi) is 5.27. The van der Waals surface area contributed by atoms with Gasteiger partial charge in [-0.25, -0.2) is 0 Å². The summed E-state index contributed by atoms with van der Waals surface area (Å²) < 4.78 is 78.1. The second-order valence-corrected chi connectivity index (χ2v) is 7.48. The summed E-state index contributed by atoms with van der Waals surface area (Å²) in [6.45, 7) is 3.37. The van der Waals surface area contributed by atoms with Crippen LogP contribution in [0.15, 0.2) is 18.2 Å². The van der Waals surface area contributed by atoms with Crippen LogP contribution in [0.4, 0.5) is 26.3 Å². The fourth-order valence-electron chi connectivity index (χ4n) is 4.18. The first-order valence-electron chi connectivity index (χ1n) is 8.79. The number of nitrogens with zero attached hydrogens (tertiary/aromatic N) is 1. The van der Waals surface area contributed by atoms with Gasteiger partial charge in [0, 0.05) is 13.1 Å². The first-order valence-corrected chi connectivity index (χ1v) is 8.79. The Hall–Kier alpha value is -1.28. The SMILES string of the molecule is FC(F)(F)c1cc(CN2CCCC3(CCNCC3)C2)cc(C(F)(F)F)c1. The van der Waals surface area contributed by atoms with Crippen LogP contribution in [0.25, 0.3) is 0 Å². The minimum atomic E-state index is -4.80. The Labute approximate surface area is 148 Å². The molecule has 0 bridgehead atoms. The van der Waals surface area contributed by atoms with Gasteiger partial charge in [0.2, 0.25) is 0 Å². The van der Waals surface area contributed by atoms with Crippen LogP contribution in [0.3, 0.4) is 0 Å². The number of hydrogen-bond donors (Lipinski definition) is 1. The number of piperidine rings is 2. The van der Waals surface area contributed by atoms with Crippen LogP contribution in [0.2, 0.25) is 0 Å². The lowest BCUT2D eigenvalue weighted by Gasteiger charge is -2.45. The quantitative estimate of drug-likeness (QED) is 0.749. The van der Waals surface area contributed by atoms with Crippen LogP contribution in [0, 0.1) is 5.41 Å². The zero-order valence-corrected chi connectivity index (χ0v) is 14.3. The van der Waals surface area contributed by atoms with E-state index in [1.807, 2.05) is 4.90 Å². The van der Waals surface area contributed by atoms with Crippen LogP contribution in [0.1, 0.15) is 42.4 Å². The standard InChI is InChI=1S/C18H22F6N2/c19-17(20,21)14-8-13(9-15(10-14)18(22,23)24)11-26-7-1-2-16(12-26)3-5-25-6-4-16/h8-10,25H,1-7,11-12H2. The molecule has 2 nitrogen and oxygen atoms in total. The molecule has 1 aromatic carbocycles. The number of rotatable bonds is 2. The topological polar surface area (TPSA) is 15.3 Å². The highest BCUT2D eigenvalue weighted by molar-refractivity contribution is 5.33. The minimum absolute atomic E-state index is 0.0677. The zero-order chi connectivity index (χ0) is 19.0. The maximum Gasteiger partial charge on any atom is 0.416 e. The summed E-state index contributed by atoms with van der Waals surface area (Å²) in [7, 11) is 0. The summed E-state index contributed by atoms with van der Waals surface area (Å²) in [6.07, 6.45) is -5.60. The van der Waals surface area contributed by atoms with Gasteiger partial charge in [-0.3, -0.25) is 4.90 Å². The molecule has 2 aliphatic rings. The average molecular weight is 380 g/mol. The number of nitrogens with one attached hydrogen (secondary N) is 1. The fraction of sp³-hybridized carbons (Fsp3) is 0.667. The third-order valence-corrected chi connectivity index (χ3v) is 5.46. The summed E-state index contributed by atoms with van der Waals surface area (Å²) in [6, 6.07) is 1.88. The van der Waals surface area contributed by atoms with Crippen LogP contribution < -0.4 is 5.32 Å². The van der Waals surface area contributed by atoms with Gasteiger partial charge in [0.05, 0.1) is 11.1 Å². The molecule has 2 saturated heterocycles. The second kappa shape index (κ2) is 7.03. The molecule has 1 spiro atoms. The molecule has 2 fully saturated rings. The number of halogens is 6. The Bertz CT molecular complexity index is 594. The van der Waals surface area contributed by atoms with Crippen molar-refractivity contribution in [2.45, 2.75) is 44.6 Å². The highest BCUT2D eigenvalue weighted by atomic mass is 19.4. The van der Waals surface area contributed by atoms with E-state index in [1.54, 1.807) is 0 Å². The molecule has 1 N–H and O–H groups in total. The monoisotopic (exact) mass is 380 g/mol. The Morgan fingerprint density at radius 3 is 2.00 bits per heavy atom. The van der Waals surface area contributed by atoms with Gasteiger partial charge in [0.15, 0.2) is 0 Å². The van der Waals surface area contributed by atoms with Crippen molar-refractivity contribution >= 4 is 0 Å². The Morgan fingerprint density at radius 1 is 0.885 bits per heavy atom. The minimum Gasteiger partial charge on any atom is -0.317 e. The van der Waals surface area contributed by atoms with Crippen LogP contribution >= 0.6 is 0 Å². The predicted octanol–water partition coefficient (Wildman–Crippen LogP) is 4.69. The molecule has 0 atom stereocenters. The van der Waals surface area contributed by atoms with E-state index in [-0.39, 0.29) is 23.6 Å². The molecule has 2 heterocycles. The van der Waals surface area contributed by atoms with E-state index < -0.39 is 23.5 Å². The molecule has 2 aliphatic heterocycles. The van der Waals surface area contributed by atoms with Gasteiger partial charge in [-0.1, -0.05) is 0 Å². The lowest BCUT2D eigenvalue weighted by molar-refractivity contribution is -0.143. The molecule has 0 aliphatic carbocycles. The van der Waals surface area contributed by atoms with Gasteiger partial charge in [0.25, 0.3) is 0 Å². The number of hydrogen-bond acceptors (Lipinski definition) is 2. The van der Waals surface area contributed by atoms with Gasteiger partial charge in [0.1, 0.15) is 0 Å². The largest absolute Gasteiger partial charge is 0.416 e. The summed E-state index contributed by atoms with van der Waals surface area (Å²) >= 11 is 0. The van der Waals surface area contributed by atoms with E-state index >= 15 is 0 Å². The van der Waals surface area contributed by atoms with Gasteiger partial charge < -0.3 is 5.32 Å². The molecule has 0 aromatic heterocycles. The van der Waals surface area contributed by atoms with Crippen molar-refractivity contribution in [2.75, 3.05) is 26.2 Å². The molecule has 3 rings (SSSR count). The molecular formula is C18H22F6N2. The maximum absolute atomic E-state index is 13.0. The number of benzene rings is 1. The highest BCUT2D eigenvalue weighted by Gasteiger charge is 2.38. The van der Waals surface area contributed by atoms with Crippen molar-refractivity contribution in [3.05, 3.63) is 34.9 Å². The maximum atomic E-state index is 13.0. The lowest BCUT2D eigenvalue weighted by atomic mass is 9.73. The molecule has 26 heavy (non-hydrogen) atoms. The summed E-state index contributed by atoms with van der Waals surface area (Å²) in [5, 5.41) is 3.30. The van der Waals surface area contributed by atoms with Crippen LogP contribution in [-0.4, -0.2) is 31.1 Å². The second-order valence-electron chi connectivity index (χ2n) is 7.48. The first-order chi connectivity index (χ1) is 12.1. The van der Waals surface area contributed by atoms with Crippen molar-refractivity contribution in [3.63, 3.8) is 0 Å². The third kappa shape index (κ3) is 4.52. The average Bonchev–Trinajstić information content (AvgIpc) is 2.54. The molecule has 0 saturated carbocycles. The van der Waals surface area contributed by atoms with Crippen LogP contribution in [-0.2, 0) is 18.9 Å². The van der Waals surface area contributed by atoms with E-state index in [0.29, 0.717) is 6.54 Å². The van der Waals surface area contributed by atoms with Crippen molar-refractivity contribution < 1.29 is 26.3 Å². The third-order valence-electron chi connectivity index (χ3n) is 5.46. The normalized spacial score (nSPS) is 21.9. The van der Waals surface area contributed by atoms with E-state index in [0.717, 1.165) is 57.5 Å². The van der Waals surface area contributed by atoms with Crippen molar-refractivity contribution in [1.29, 1.82) is 0 Å². The van der Waals surface area contributed by atoms with Crippen molar-refractivity contribution in [3.8, 4) is 0 Å². The van der Waals surface area contributed by atoms with Gasteiger partial charge in [-0.2, -0.15) is 26.3 Å². The van der Waals surface area contributed by atoms with E-state index in [2.05, 4.69) is 5.32 Å². The Morgan fingerprint density at radius 2 is 1.46 bits per heavy atom. The first kappa shape index (κ1) is 19.5. The molecular weight excluding hydrogens is 358 g/mol. The summed E-state index contributed by atoms with van der Waals surface area (Å²) in [5.41, 5.74) is -2.28. The van der Waals surface area contributed by atoms with Gasteiger partial charge in [-0.05, 0) is 74.5 Å². The Balaban J connectivity index is 1.82.